The van der Waals surface area contributed by atoms with Gasteiger partial charge >= 0.3 is 0 Å². The second kappa shape index (κ2) is 6.52. The first-order valence-electron chi connectivity index (χ1n) is 9.81. The van der Waals surface area contributed by atoms with Gasteiger partial charge in [0.2, 0.25) is 5.95 Å². The van der Waals surface area contributed by atoms with Gasteiger partial charge < -0.3 is 10.1 Å². The fourth-order valence-corrected chi connectivity index (χ4v) is 4.21. The van der Waals surface area contributed by atoms with Crippen LogP contribution in [-0.4, -0.2) is 25.2 Å². The van der Waals surface area contributed by atoms with Crippen molar-refractivity contribution in [1.29, 1.82) is 0 Å². The quantitative estimate of drug-likeness (QED) is 0.555. The summed E-state index contributed by atoms with van der Waals surface area (Å²) in [4.78, 5) is 4.34. The molecule has 6 rings (SSSR count). The molecule has 30 heavy (non-hydrogen) atoms. The lowest BCUT2D eigenvalue weighted by Gasteiger charge is -2.38. The number of hydrogen-bond donors (Lipinski definition) is 1. The molecular weight excluding hydrogens is 376 g/mol. The number of benzene rings is 2. The summed E-state index contributed by atoms with van der Waals surface area (Å²) >= 11 is 0. The molecule has 0 spiro atoms. The monoisotopic (exact) mass is 394 g/mol. The molecule has 0 saturated heterocycles. The molecular formula is C23H18N6O. The number of tetrazole rings is 1. The topological polar surface area (TPSA) is 77.8 Å². The molecule has 0 saturated carbocycles. The van der Waals surface area contributed by atoms with E-state index < -0.39 is 0 Å². The molecule has 7 nitrogen and oxygen atoms in total. The van der Waals surface area contributed by atoms with Gasteiger partial charge in [0.05, 0.1) is 5.70 Å². The van der Waals surface area contributed by atoms with Crippen LogP contribution in [0.25, 0.3) is 5.70 Å². The minimum Gasteiger partial charge on any atom is -0.480 e. The van der Waals surface area contributed by atoms with E-state index in [0.717, 1.165) is 33.7 Å². The number of rotatable bonds is 2. The molecule has 0 unspecified atom stereocenters. The van der Waals surface area contributed by atoms with Crippen molar-refractivity contribution in [3.8, 4) is 5.75 Å². The second-order valence-corrected chi connectivity index (χ2v) is 7.50. The highest BCUT2D eigenvalue weighted by Crippen LogP contribution is 2.50. The van der Waals surface area contributed by atoms with Gasteiger partial charge in [-0.15, -0.1) is 0 Å². The van der Waals surface area contributed by atoms with Gasteiger partial charge in [-0.25, -0.2) is 0 Å². The highest BCUT2D eigenvalue weighted by Gasteiger charge is 2.41. The van der Waals surface area contributed by atoms with Gasteiger partial charge in [0.25, 0.3) is 0 Å². The van der Waals surface area contributed by atoms with Crippen LogP contribution in [0.2, 0.25) is 0 Å². The van der Waals surface area contributed by atoms with E-state index in [9.17, 15) is 0 Å². The van der Waals surface area contributed by atoms with Crippen molar-refractivity contribution in [3.63, 3.8) is 0 Å². The maximum atomic E-state index is 6.57. The summed E-state index contributed by atoms with van der Waals surface area (Å²) < 4.78 is 8.37. The SMILES string of the molecule is Cc1ccc([C@@H]2Oc3ccccc3C3=C2[C@H](c2cccnc2)n2nnnc2N3)cc1. The smallest absolute Gasteiger partial charge is 0.248 e. The van der Waals surface area contributed by atoms with Crippen LogP contribution in [0.3, 0.4) is 0 Å². The van der Waals surface area contributed by atoms with Gasteiger partial charge in [0.15, 0.2) is 0 Å². The second-order valence-electron chi connectivity index (χ2n) is 7.50. The number of aryl methyl sites for hydroxylation is 1. The van der Waals surface area contributed by atoms with Crippen molar-refractivity contribution >= 4 is 11.6 Å². The molecule has 146 valence electrons. The molecule has 0 bridgehead atoms. The predicted molar refractivity (Wildman–Crippen MR) is 112 cm³/mol. The molecule has 4 heterocycles. The Bertz CT molecular complexity index is 1260. The average molecular weight is 394 g/mol. The van der Waals surface area contributed by atoms with E-state index in [1.165, 1.54) is 5.56 Å². The van der Waals surface area contributed by atoms with Crippen LogP contribution in [0, 0.1) is 6.92 Å². The zero-order valence-corrected chi connectivity index (χ0v) is 16.2. The van der Waals surface area contributed by atoms with Crippen LogP contribution < -0.4 is 10.1 Å². The van der Waals surface area contributed by atoms with Crippen molar-refractivity contribution in [3.05, 3.63) is 101 Å². The third kappa shape index (κ3) is 2.52. The Balaban J connectivity index is 1.63. The number of fused-ring (bicyclic) bond motifs is 3. The fourth-order valence-electron chi connectivity index (χ4n) is 4.21. The molecule has 0 aliphatic carbocycles. The summed E-state index contributed by atoms with van der Waals surface area (Å²) in [7, 11) is 0. The molecule has 0 amide bonds. The molecule has 2 atom stereocenters. The third-order valence-corrected chi connectivity index (χ3v) is 5.62. The van der Waals surface area contributed by atoms with E-state index in [0.29, 0.717) is 5.95 Å². The Kier molecular flexibility index (Phi) is 3.67. The first-order valence-corrected chi connectivity index (χ1v) is 9.81. The summed E-state index contributed by atoms with van der Waals surface area (Å²) in [6.07, 6.45) is 3.34. The van der Waals surface area contributed by atoms with Crippen LogP contribution in [0.1, 0.15) is 34.4 Å². The lowest BCUT2D eigenvalue weighted by atomic mass is 9.85. The number of hydrogen-bond acceptors (Lipinski definition) is 6. The molecule has 0 fully saturated rings. The molecule has 7 heteroatoms. The zero-order valence-electron chi connectivity index (χ0n) is 16.2. The summed E-state index contributed by atoms with van der Waals surface area (Å²) in [6, 6.07) is 20.3. The number of pyridine rings is 1. The van der Waals surface area contributed by atoms with E-state index in [4.69, 9.17) is 4.74 Å². The standard InChI is InChI=1S/C23H18N6O/c1-14-8-10-15(11-9-14)22-19-20(17-6-2-3-7-18(17)30-22)25-23-26-27-28-29(23)21(19)16-5-4-12-24-13-16/h2-13,21-22H,1H3,(H,25,26,28)/t21-,22-/m0/s1. The Labute approximate surface area is 173 Å². The first-order chi connectivity index (χ1) is 14.8. The lowest BCUT2D eigenvalue weighted by Crippen LogP contribution is -2.32. The van der Waals surface area contributed by atoms with E-state index in [1.807, 2.05) is 36.5 Å². The lowest BCUT2D eigenvalue weighted by molar-refractivity contribution is 0.222. The fraction of sp³-hybridized carbons (Fsp3) is 0.130. The number of para-hydroxylation sites is 1. The zero-order chi connectivity index (χ0) is 20.1. The van der Waals surface area contributed by atoms with Crippen LogP contribution in [0.15, 0.2) is 78.6 Å². The van der Waals surface area contributed by atoms with Gasteiger partial charge in [0, 0.05) is 23.5 Å². The van der Waals surface area contributed by atoms with Crippen molar-refractivity contribution in [2.75, 3.05) is 5.32 Å². The van der Waals surface area contributed by atoms with Crippen LogP contribution in [0.5, 0.6) is 5.75 Å². The Morgan fingerprint density at radius 3 is 2.67 bits per heavy atom. The van der Waals surface area contributed by atoms with Crippen LogP contribution in [-0.2, 0) is 0 Å². The molecule has 2 aromatic carbocycles. The summed E-state index contributed by atoms with van der Waals surface area (Å²) in [6.45, 7) is 2.08. The highest BCUT2D eigenvalue weighted by atomic mass is 16.5. The highest BCUT2D eigenvalue weighted by molar-refractivity contribution is 5.85. The number of aromatic nitrogens is 5. The Hall–Kier alpha value is -4.00. The minimum atomic E-state index is -0.287. The number of nitrogens with one attached hydrogen (secondary N) is 1. The predicted octanol–water partition coefficient (Wildman–Crippen LogP) is 3.94. The number of ether oxygens (including phenoxy) is 1. The number of anilines is 1. The van der Waals surface area contributed by atoms with Crippen molar-refractivity contribution in [1.82, 2.24) is 25.2 Å². The van der Waals surface area contributed by atoms with E-state index in [1.54, 1.807) is 10.9 Å². The molecule has 0 radical (unpaired) electrons. The van der Waals surface area contributed by atoms with Crippen molar-refractivity contribution in [2.24, 2.45) is 0 Å². The van der Waals surface area contributed by atoms with Gasteiger partial charge in [-0.05, 0) is 46.7 Å². The Morgan fingerprint density at radius 1 is 0.967 bits per heavy atom. The van der Waals surface area contributed by atoms with Gasteiger partial charge in [0.1, 0.15) is 17.9 Å². The van der Waals surface area contributed by atoms with Gasteiger partial charge in [-0.2, -0.15) is 4.68 Å². The minimum absolute atomic E-state index is 0.236. The maximum absolute atomic E-state index is 6.57. The molecule has 4 aromatic rings. The summed E-state index contributed by atoms with van der Waals surface area (Å²) in [5.74, 6) is 1.43. The average Bonchev–Trinajstić information content (AvgIpc) is 3.26. The van der Waals surface area contributed by atoms with Crippen molar-refractivity contribution < 1.29 is 4.74 Å². The molecule has 2 aliphatic rings. The van der Waals surface area contributed by atoms with E-state index >= 15 is 0 Å². The Morgan fingerprint density at radius 2 is 1.83 bits per heavy atom. The van der Waals surface area contributed by atoms with Gasteiger partial charge in [-0.3, -0.25) is 4.98 Å². The van der Waals surface area contributed by atoms with E-state index in [-0.39, 0.29) is 12.1 Å². The molecule has 2 aliphatic heterocycles. The number of nitrogens with zero attached hydrogens (tertiary/aromatic N) is 5. The maximum Gasteiger partial charge on any atom is 0.248 e. The van der Waals surface area contributed by atoms with Crippen LogP contribution in [0.4, 0.5) is 5.95 Å². The third-order valence-electron chi connectivity index (χ3n) is 5.62. The van der Waals surface area contributed by atoms with Crippen molar-refractivity contribution in [2.45, 2.75) is 19.1 Å². The molecule has 1 N–H and O–H groups in total. The van der Waals surface area contributed by atoms with Gasteiger partial charge in [-0.1, -0.05) is 53.1 Å². The largest absolute Gasteiger partial charge is 0.480 e. The molecule has 2 aromatic heterocycles. The van der Waals surface area contributed by atoms with Crippen LogP contribution >= 0.6 is 0 Å². The first kappa shape index (κ1) is 16.9. The summed E-state index contributed by atoms with van der Waals surface area (Å²) in [5.41, 5.74) is 6.33. The normalized spacial score (nSPS) is 19.2. The van der Waals surface area contributed by atoms with E-state index in [2.05, 4.69) is 63.1 Å². The summed E-state index contributed by atoms with van der Waals surface area (Å²) in [5, 5.41) is 15.8.